The number of carbonyl (C=O) groups is 1. The number of hydrogen-bond donors (Lipinski definition) is 2. The van der Waals surface area contributed by atoms with Crippen LogP contribution in [0.25, 0.3) is 0 Å². The lowest BCUT2D eigenvalue weighted by atomic mass is 9.75. The van der Waals surface area contributed by atoms with Crippen LogP contribution in [0.1, 0.15) is 30.0 Å². The number of aryl methyl sites for hydroxylation is 1. The van der Waals surface area contributed by atoms with E-state index in [4.69, 9.17) is 0 Å². The molecule has 1 amide bonds. The molecular formula is C19H24N4O2. The van der Waals surface area contributed by atoms with Gasteiger partial charge >= 0.3 is 0 Å². The summed E-state index contributed by atoms with van der Waals surface area (Å²) in [5.74, 6) is 0.293. The minimum absolute atomic E-state index is 0.0203. The molecule has 0 spiro atoms. The van der Waals surface area contributed by atoms with Crippen LogP contribution in [0.4, 0.5) is 5.69 Å². The maximum Gasteiger partial charge on any atom is 0.240 e. The molecule has 2 heterocycles. The largest absolute Gasteiger partial charge is 0.393 e. The molecule has 1 fully saturated rings. The van der Waals surface area contributed by atoms with Crippen molar-refractivity contribution < 1.29 is 9.90 Å². The third-order valence-electron chi connectivity index (χ3n) is 5.34. The number of aromatic nitrogens is 2. The highest BCUT2D eigenvalue weighted by atomic mass is 16.3. The third-order valence-corrected chi connectivity index (χ3v) is 5.34. The lowest BCUT2D eigenvalue weighted by molar-refractivity contribution is -0.121. The molecule has 2 aromatic rings. The first kappa shape index (κ1) is 16.1. The number of nitrogens with one attached hydrogen (secondary N) is 1. The van der Waals surface area contributed by atoms with Crippen molar-refractivity contribution in [2.45, 2.75) is 31.4 Å². The van der Waals surface area contributed by atoms with Gasteiger partial charge in [-0.1, -0.05) is 18.2 Å². The highest BCUT2D eigenvalue weighted by Gasteiger charge is 2.36. The molecular weight excluding hydrogens is 316 g/mol. The summed E-state index contributed by atoms with van der Waals surface area (Å²) in [6.45, 7) is 1.25. The monoisotopic (exact) mass is 340 g/mol. The van der Waals surface area contributed by atoms with E-state index >= 15 is 0 Å². The number of fused-ring (bicyclic) bond motifs is 1. The number of hydrogen-bond acceptors (Lipinski definition) is 4. The second kappa shape index (κ2) is 6.52. The summed E-state index contributed by atoms with van der Waals surface area (Å²) in [4.78, 5) is 14.8. The Morgan fingerprint density at radius 2 is 2.20 bits per heavy atom. The number of rotatable bonds is 5. The summed E-state index contributed by atoms with van der Waals surface area (Å²) in [5.41, 5.74) is 3.48. The van der Waals surface area contributed by atoms with Crippen LogP contribution in [-0.4, -0.2) is 40.0 Å². The van der Waals surface area contributed by atoms with Gasteiger partial charge in [0.2, 0.25) is 5.91 Å². The van der Waals surface area contributed by atoms with Gasteiger partial charge in [0.15, 0.2) is 0 Å². The fourth-order valence-electron chi connectivity index (χ4n) is 3.94. The SMILES string of the molecule is Cn1cc(C(NC(=O)CN2CCc3ccccc32)C2CC(O)C2)cn1. The number of anilines is 1. The third kappa shape index (κ3) is 3.26. The van der Waals surface area contributed by atoms with Crippen molar-refractivity contribution in [2.24, 2.45) is 13.0 Å². The molecule has 2 aliphatic rings. The van der Waals surface area contributed by atoms with Crippen LogP contribution in [0.3, 0.4) is 0 Å². The van der Waals surface area contributed by atoms with Gasteiger partial charge in [-0.05, 0) is 36.8 Å². The van der Waals surface area contributed by atoms with Gasteiger partial charge in [0.25, 0.3) is 0 Å². The average Bonchev–Trinajstić information content (AvgIpc) is 3.17. The van der Waals surface area contributed by atoms with E-state index in [9.17, 15) is 9.90 Å². The lowest BCUT2D eigenvalue weighted by Crippen LogP contribution is -2.44. The van der Waals surface area contributed by atoms with E-state index in [1.54, 1.807) is 10.9 Å². The van der Waals surface area contributed by atoms with E-state index in [1.807, 2.05) is 25.4 Å². The summed E-state index contributed by atoms with van der Waals surface area (Å²) >= 11 is 0. The van der Waals surface area contributed by atoms with E-state index in [0.29, 0.717) is 6.54 Å². The van der Waals surface area contributed by atoms with Crippen LogP contribution < -0.4 is 10.2 Å². The zero-order valence-electron chi connectivity index (χ0n) is 14.4. The molecule has 1 unspecified atom stereocenters. The van der Waals surface area contributed by atoms with Crippen LogP contribution >= 0.6 is 0 Å². The number of para-hydroxylation sites is 1. The second-order valence-electron chi connectivity index (χ2n) is 7.18. The van der Waals surface area contributed by atoms with Crippen molar-refractivity contribution in [3.63, 3.8) is 0 Å². The van der Waals surface area contributed by atoms with E-state index in [2.05, 4.69) is 27.4 Å². The molecule has 2 N–H and O–H groups in total. The van der Waals surface area contributed by atoms with Crippen LogP contribution in [0, 0.1) is 5.92 Å². The number of amides is 1. The van der Waals surface area contributed by atoms with E-state index in [0.717, 1.165) is 37.1 Å². The average molecular weight is 340 g/mol. The molecule has 1 aliphatic carbocycles. The van der Waals surface area contributed by atoms with Crippen LogP contribution in [0.5, 0.6) is 0 Å². The fraction of sp³-hybridized carbons (Fsp3) is 0.474. The predicted octanol–water partition coefficient (Wildman–Crippen LogP) is 1.41. The molecule has 1 atom stereocenters. The highest BCUT2D eigenvalue weighted by Crippen LogP contribution is 2.38. The van der Waals surface area contributed by atoms with Gasteiger partial charge in [0.1, 0.15) is 0 Å². The molecule has 1 aromatic carbocycles. The molecule has 6 nitrogen and oxygen atoms in total. The Morgan fingerprint density at radius 1 is 1.40 bits per heavy atom. The molecule has 0 radical (unpaired) electrons. The summed E-state index contributed by atoms with van der Waals surface area (Å²) < 4.78 is 1.75. The Balaban J connectivity index is 1.44. The second-order valence-corrected chi connectivity index (χ2v) is 7.18. The molecule has 6 heteroatoms. The molecule has 1 saturated carbocycles. The molecule has 132 valence electrons. The van der Waals surface area contributed by atoms with E-state index in [-0.39, 0.29) is 24.0 Å². The fourth-order valence-corrected chi connectivity index (χ4v) is 3.94. The Bertz CT molecular complexity index is 766. The van der Waals surface area contributed by atoms with E-state index < -0.39 is 0 Å². The van der Waals surface area contributed by atoms with Crippen molar-refractivity contribution >= 4 is 11.6 Å². The zero-order valence-corrected chi connectivity index (χ0v) is 14.4. The number of aliphatic hydroxyl groups is 1. The van der Waals surface area contributed by atoms with Gasteiger partial charge in [0, 0.05) is 31.0 Å². The Hall–Kier alpha value is -2.34. The summed E-state index contributed by atoms with van der Waals surface area (Å²) in [7, 11) is 1.87. The summed E-state index contributed by atoms with van der Waals surface area (Å²) in [5, 5.41) is 17.1. The van der Waals surface area contributed by atoms with Gasteiger partial charge in [-0.2, -0.15) is 5.10 Å². The number of carbonyl (C=O) groups excluding carboxylic acids is 1. The molecule has 0 saturated heterocycles. The first-order valence-electron chi connectivity index (χ1n) is 8.89. The molecule has 1 aliphatic heterocycles. The number of aliphatic hydroxyl groups excluding tert-OH is 1. The minimum Gasteiger partial charge on any atom is -0.393 e. The smallest absolute Gasteiger partial charge is 0.240 e. The standard InChI is InChI=1S/C19H24N4O2/c1-22-11-15(10-20-22)19(14-8-16(24)9-14)21-18(25)12-23-7-6-13-4-2-3-5-17(13)23/h2-5,10-11,14,16,19,24H,6-9,12H2,1H3,(H,21,25). The van der Waals surface area contributed by atoms with Crippen LogP contribution in [0.15, 0.2) is 36.7 Å². The van der Waals surface area contributed by atoms with Crippen molar-refractivity contribution in [3.05, 3.63) is 47.8 Å². The topological polar surface area (TPSA) is 70.4 Å². The van der Waals surface area contributed by atoms with Crippen molar-refractivity contribution in [1.29, 1.82) is 0 Å². The molecule has 4 rings (SSSR count). The zero-order chi connectivity index (χ0) is 17.4. The number of nitrogens with zero attached hydrogens (tertiary/aromatic N) is 3. The van der Waals surface area contributed by atoms with E-state index in [1.165, 1.54) is 5.56 Å². The summed E-state index contributed by atoms with van der Waals surface area (Å²) in [6, 6.07) is 8.19. The van der Waals surface area contributed by atoms with Crippen LogP contribution in [-0.2, 0) is 18.3 Å². The first-order chi connectivity index (χ1) is 12.1. The van der Waals surface area contributed by atoms with Crippen molar-refractivity contribution in [3.8, 4) is 0 Å². The molecule has 25 heavy (non-hydrogen) atoms. The lowest BCUT2D eigenvalue weighted by Gasteiger charge is -2.38. The predicted molar refractivity (Wildman–Crippen MR) is 95.2 cm³/mol. The van der Waals surface area contributed by atoms with Gasteiger partial charge in [-0.3, -0.25) is 9.48 Å². The van der Waals surface area contributed by atoms with Crippen molar-refractivity contribution in [1.82, 2.24) is 15.1 Å². The minimum atomic E-state index is -0.244. The van der Waals surface area contributed by atoms with Gasteiger partial charge in [-0.15, -0.1) is 0 Å². The molecule has 1 aromatic heterocycles. The van der Waals surface area contributed by atoms with Gasteiger partial charge in [-0.25, -0.2) is 0 Å². The number of benzene rings is 1. The summed E-state index contributed by atoms with van der Waals surface area (Å²) in [6.07, 6.45) is 5.96. The van der Waals surface area contributed by atoms with Gasteiger partial charge in [0.05, 0.1) is 24.9 Å². The maximum absolute atomic E-state index is 12.7. The maximum atomic E-state index is 12.7. The van der Waals surface area contributed by atoms with Gasteiger partial charge < -0.3 is 15.3 Å². The van der Waals surface area contributed by atoms with Crippen LogP contribution in [0.2, 0.25) is 0 Å². The first-order valence-corrected chi connectivity index (χ1v) is 8.89. The highest BCUT2D eigenvalue weighted by molar-refractivity contribution is 5.82. The Kier molecular flexibility index (Phi) is 4.21. The Labute approximate surface area is 147 Å². The molecule has 0 bridgehead atoms. The Morgan fingerprint density at radius 3 is 2.92 bits per heavy atom. The van der Waals surface area contributed by atoms with Crippen molar-refractivity contribution in [2.75, 3.05) is 18.0 Å². The quantitative estimate of drug-likeness (QED) is 0.863. The normalized spacial score (nSPS) is 23.0.